The molecule has 0 radical (unpaired) electrons. The average molecular weight is 285 g/mol. The van der Waals surface area contributed by atoms with Crippen LogP contribution in [0, 0.1) is 0 Å². The van der Waals surface area contributed by atoms with Crippen LogP contribution < -0.4 is 10.2 Å². The predicted molar refractivity (Wildman–Crippen MR) is 75.2 cm³/mol. The molecule has 1 unspecified atom stereocenters. The van der Waals surface area contributed by atoms with Gasteiger partial charge in [-0.3, -0.25) is 0 Å². The van der Waals surface area contributed by atoms with E-state index in [0.717, 1.165) is 13.1 Å². The van der Waals surface area contributed by atoms with E-state index in [0.29, 0.717) is 6.04 Å². The maximum Gasteiger partial charge on any atom is 0.0510 e. The van der Waals surface area contributed by atoms with Crippen LogP contribution in [-0.2, 0) is 0 Å². The monoisotopic (exact) mass is 284 g/mol. The molecule has 2 nitrogen and oxygen atoms in total. The highest BCUT2D eigenvalue weighted by Crippen LogP contribution is 2.29. The molecule has 0 bridgehead atoms. The molecule has 90 valence electrons. The molecular formula is C13H21BrN2. The lowest BCUT2D eigenvalue weighted by Crippen LogP contribution is -2.22. The first-order valence-corrected chi connectivity index (χ1v) is 6.64. The number of rotatable bonds is 5. The Balaban J connectivity index is 2.99. The minimum atomic E-state index is 0.391. The van der Waals surface area contributed by atoms with Crippen LogP contribution in [0.2, 0.25) is 0 Å². The lowest BCUT2D eigenvalue weighted by atomic mass is 10.1. The summed E-state index contributed by atoms with van der Waals surface area (Å²) in [6.07, 6.45) is 0. The number of nitrogens with zero attached hydrogens (tertiary/aromatic N) is 1. The average Bonchev–Trinajstić information content (AvgIpc) is 2.31. The summed E-state index contributed by atoms with van der Waals surface area (Å²) in [6.45, 7) is 8.60. The van der Waals surface area contributed by atoms with Crippen molar-refractivity contribution in [1.29, 1.82) is 0 Å². The van der Waals surface area contributed by atoms with Crippen LogP contribution in [0.25, 0.3) is 0 Å². The first-order valence-electron chi connectivity index (χ1n) is 5.85. The molecule has 0 aliphatic heterocycles. The molecule has 1 N–H and O–H groups in total. The molecule has 0 spiro atoms. The Morgan fingerprint density at radius 3 is 2.38 bits per heavy atom. The zero-order valence-corrected chi connectivity index (χ0v) is 12.1. The second-order valence-electron chi connectivity index (χ2n) is 3.89. The smallest absolute Gasteiger partial charge is 0.0510 e. The zero-order chi connectivity index (χ0) is 12.1. The van der Waals surface area contributed by atoms with Crippen molar-refractivity contribution in [1.82, 2.24) is 5.32 Å². The van der Waals surface area contributed by atoms with E-state index >= 15 is 0 Å². The van der Waals surface area contributed by atoms with Crippen molar-refractivity contribution in [2.45, 2.75) is 26.8 Å². The molecule has 0 saturated carbocycles. The minimum absolute atomic E-state index is 0.391. The molecule has 0 aliphatic carbocycles. The normalized spacial score (nSPS) is 12.6. The highest BCUT2D eigenvalue weighted by molar-refractivity contribution is 9.10. The van der Waals surface area contributed by atoms with Gasteiger partial charge >= 0.3 is 0 Å². The van der Waals surface area contributed by atoms with Gasteiger partial charge in [0.2, 0.25) is 0 Å². The largest absolute Gasteiger partial charge is 0.371 e. The number of anilines is 1. The van der Waals surface area contributed by atoms with Crippen LogP contribution in [0.5, 0.6) is 0 Å². The van der Waals surface area contributed by atoms with E-state index in [2.05, 4.69) is 65.1 Å². The fraction of sp³-hybridized carbons (Fsp3) is 0.538. The van der Waals surface area contributed by atoms with Crippen LogP contribution in [0.1, 0.15) is 32.4 Å². The van der Waals surface area contributed by atoms with Gasteiger partial charge in [-0.1, -0.05) is 6.07 Å². The molecule has 1 atom stereocenters. The van der Waals surface area contributed by atoms with Crippen molar-refractivity contribution in [2.24, 2.45) is 0 Å². The molecule has 0 aliphatic rings. The maximum atomic E-state index is 3.66. The van der Waals surface area contributed by atoms with Gasteiger partial charge in [-0.25, -0.2) is 0 Å². The van der Waals surface area contributed by atoms with Crippen molar-refractivity contribution in [3.63, 3.8) is 0 Å². The van der Waals surface area contributed by atoms with E-state index in [1.54, 1.807) is 0 Å². The van der Waals surface area contributed by atoms with Crippen LogP contribution >= 0.6 is 15.9 Å². The van der Waals surface area contributed by atoms with E-state index in [1.807, 2.05) is 7.05 Å². The molecule has 0 fully saturated rings. The second kappa shape index (κ2) is 6.26. The summed E-state index contributed by atoms with van der Waals surface area (Å²) in [5.41, 5.74) is 2.59. The molecule has 16 heavy (non-hydrogen) atoms. The van der Waals surface area contributed by atoms with Gasteiger partial charge in [0.15, 0.2) is 0 Å². The Hall–Kier alpha value is -0.540. The lowest BCUT2D eigenvalue weighted by Gasteiger charge is -2.23. The summed E-state index contributed by atoms with van der Waals surface area (Å²) < 4.78 is 1.18. The molecule has 0 saturated heterocycles. The minimum Gasteiger partial charge on any atom is -0.371 e. The van der Waals surface area contributed by atoms with Gasteiger partial charge in [-0.2, -0.15) is 0 Å². The fourth-order valence-electron chi connectivity index (χ4n) is 1.78. The van der Waals surface area contributed by atoms with Crippen molar-refractivity contribution in [2.75, 3.05) is 25.0 Å². The number of benzene rings is 1. The molecule has 1 rings (SSSR count). The van der Waals surface area contributed by atoms with Gasteiger partial charge in [0.1, 0.15) is 0 Å². The van der Waals surface area contributed by atoms with Gasteiger partial charge in [0.25, 0.3) is 0 Å². The number of hydrogen-bond acceptors (Lipinski definition) is 2. The molecule has 0 heterocycles. The van der Waals surface area contributed by atoms with Crippen molar-refractivity contribution < 1.29 is 0 Å². The van der Waals surface area contributed by atoms with Crippen LogP contribution in [0.3, 0.4) is 0 Å². The van der Waals surface area contributed by atoms with E-state index < -0.39 is 0 Å². The standard InChI is InChI=1S/C13H21BrN2/c1-5-16(6-2)13-8-7-11(9-12(13)14)10(3)15-4/h7-10,15H,5-6H2,1-4H3. The van der Waals surface area contributed by atoms with Gasteiger partial charge < -0.3 is 10.2 Å². The Morgan fingerprint density at radius 1 is 1.31 bits per heavy atom. The summed E-state index contributed by atoms with van der Waals surface area (Å²) in [5, 5.41) is 3.25. The third-order valence-corrected chi connectivity index (χ3v) is 3.64. The first kappa shape index (κ1) is 13.5. The van der Waals surface area contributed by atoms with Gasteiger partial charge in [0, 0.05) is 23.6 Å². The predicted octanol–water partition coefficient (Wildman–Crippen LogP) is 3.58. The highest BCUT2D eigenvalue weighted by Gasteiger charge is 2.09. The summed E-state index contributed by atoms with van der Waals surface area (Å²) in [6, 6.07) is 6.98. The number of hydrogen-bond donors (Lipinski definition) is 1. The fourth-order valence-corrected chi connectivity index (χ4v) is 2.43. The Labute approximate surface area is 107 Å². The Bertz CT molecular complexity index is 335. The van der Waals surface area contributed by atoms with E-state index in [1.165, 1.54) is 15.7 Å². The van der Waals surface area contributed by atoms with E-state index in [-0.39, 0.29) is 0 Å². The number of halogens is 1. The van der Waals surface area contributed by atoms with Crippen LogP contribution in [0.4, 0.5) is 5.69 Å². The third-order valence-electron chi connectivity index (χ3n) is 3.01. The topological polar surface area (TPSA) is 15.3 Å². The number of nitrogens with one attached hydrogen (secondary N) is 1. The molecule has 1 aromatic rings. The second-order valence-corrected chi connectivity index (χ2v) is 4.75. The van der Waals surface area contributed by atoms with Crippen molar-refractivity contribution in [3.05, 3.63) is 28.2 Å². The highest BCUT2D eigenvalue weighted by atomic mass is 79.9. The molecule has 3 heteroatoms. The van der Waals surface area contributed by atoms with E-state index in [9.17, 15) is 0 Å². The maximum absolute atomic E-state index is 3.66. The van der Waals surface area contributed by atoms with Gasteiger partial charge in [-0.15, -0.1) is 0 Å². The molecule has 1 aromatic carbocycles. The Kier molecular flexibility index (Phi) is 5.29. The van der Waals surface area contributed by atoms with Crippen molar-refractivity contribution in [3.8, 4) is 0 Å². The first-order chi connectivity index (χ1) is 7.63. The molecule has 0 amide bonds. The van der Waals surface area contributed by atoms with Gasteiger partial charge in [-0.05, 0) is 61.4 Å². The summed E-state index contributed by atoms with van der Waals surface area (Å²) in [5.74, 6) is 0. The SMILES string of the molecule is CCN(CC)c1ccc(C(C)NC)cc1Br. The van der Waals surface area contributed by atoms with E-state index in [4.69, 9.17) is 0 Å². The Morgan fingerprint density at radius 2 is 1.94 bits per heavy atom. The summed E-state index contributed by atoms with van der Waals surface area (Å²) in [4.78, 5) is 2.35. The molecule has 0 aromatic heterocycles. The van der Waals surface area contributed by atoms with Crippen LogP contribution in [0.15, 0.2) is 22.7 Å². The zero-order valence-electron chi connectivity index (χ0n) is 10.5. The van der Waals surface area contributed by atoms with Crippen LogP contribution in [-0.4, -0.2) is 20.1 Å². The molecular weight excluding hydrogens is 264 g/mol. The quantitative estimate of drug-likeness (QED) is 0.889. The third kappa shape index (κ3) is 2.98. The lowest BCUT2D eigenvalue weighted by molar-refractivity contribution is 0.652. The summed E-state index contributed by atoms with van der Waals surface area (Å²) >= 11 is 3.66. The van der Waals surface area contributed by atoms with Gasteiger partial charge in [0.05, 0.1) is 5.69 Å². The van der Waals surface area contributed by atoms with Crippen molar-refractivity contribution >= 4 is 21.6 Å². The summed E-state index contributed by atoms with van der Waals surface area (Å²) in [7, 11) is 1.98.